The van der Waals surface area contributed by atoms with E-state index in [1.54, 1.807) is 59.9 Å². The molecule has 2 heterocycles. The molecule has 0 spiro atoms. The Morgan fingerprint density at radius 3 is 1.35 bits per heavy atom. The zero-order valence-electron chi connectivity index (χ0n) is 48.8. The van der Waals surface area contributed by atoms with Crippen molar-refractivity contribution in [2.45, 2.75) is 256 Å². The molecule has 5 amide bonds. The molecule has 23 nitrogen and oxygen atoms in total. The van der Waals surface area contributed by atoms with E-state index in [4.69, 9.17) is 30.8 Å². The lowest BCUT2D eigenvalue weighted by molar-refractivity contribution is -0.143. The maximum Gasteiger partial charge on any atom is 0.407 e. The number of nitrogens with zero attached hydrogens (tertiary/aromatic N) is 6. The van der Waals surface area contributed by atoms with Crippen LogP contribution in [-0.4, -0.2) is 124 Å². The molecule has 8 rings (SSSR count). The molecule has 0 unspecified atom stereocenters. The van der Waals surface area contributed by atoms with Crippen molar-refractivity contribution < 1.29 is 48.1 Å². The molecule has 2 aromatic heterocycles. The van der Waals surface area contributed by atoms with Crippen LogP contribution in [0, 0.1) is 5.92 Å². The minimum Gasteiger partial charge on any atom is -0.481 e. The number of aliphatic carboxylic acids is 1. The van der Waals surface area contributed by atoms with Crippen LogP contribution in [0.5, 0.6) is 0 Å². The van der Waals surface area contributed by atoms with E-state index in [1.807, 2.05) is 55.7 Å². The first-order chi connectivity index (χ1) is 37.9. The number of hydrogen-bond donors (Lipinski definition) is 8. The third-order valence-electron chi connectivity index (χ3n) is 14.3. The van der Waals surface area contributed by atoms with Crippen molar-refractivity contribution in [1.29, 1.82) is 0 Å². The lowest BCUT2D eigenvalue weighted by atomic mass is 9.86. The van der Waals surface area contributed by atoms with Crippen LogP contribution in [0.15, 0.2) is 55.6 Å². The van der Waals surface area contributed by atoms with Gasteiger partial charge in [0.25, 0.3) is 0 Å². The first-order valence-electron chi connectivity index (χ1n) is 28.8. The number of amides is 5. The van der Waals surface area contributed by atoms with E-state index in [1.165, 1.54) is 19.3 Å². The fourth-order valence-electron chi connectivity index (χ4n) is 10.6. The molecular formula is C57H95N13O10. The number of nitrogens with two attached hydrogens (primary N) is 2. The Bertz CT molecular complexity index is 2280. The molecule has 5 aliphatic rings. The van der Waals surface area contributed by atoms with Crippen molar-refractivity contribution in [1.82, 2.24) is 56.1 Å². The zero-order valence-corrected chi connectivity index (χ0v) is 48.8. The number of alkyl carbamates (subject to hydrolysis) is 3. The monoisotopic (exact) mass is 1120 g/mol. The van der Waals surface area contributed by atoms with Crippen LogP contribution >= 0.6 is 0 Å². The second-order valence-electron chi connectivity index (χ2n) is 23.9. The molecular weight excluding hydrogens is 1030 g/mol. The number of rotatable bonds is 10. The molecule has 0 radical (unpaired) electrons. The van der Waals surface area contributed by atoms with E-state index >= 15 is 0 Å². The summed E-state index contributed by atoms with van der Waals surface area (Å²) in [5.41, 5.74) is 11.5. The van der Waals surface area contributed by atoms with E-state index in [0.29, 0.717) is 55.5 Å². The molecule has 0 saturated heterocycles. The minimum absolute atomic E-state index is 0.00280. The van der Waals surface area contributed by atoms with E-state index in [9.17, 15) is 28.8 Å². The van der Waals surface area contributed by atoms with Crippen LogP contribution in [0.2, 0.25) is 0 Å². The Balaban J connectivity index is 0.000000222. The van der Waals surface area contributed by atoms with Gasteiger partial charge in [-0.15, -0.1) is 20.4 Å². The Kier molecular flexibility index (Phi) is 28.2. The molecule has 5 fully saturated rings. The Hall–Kier alpha value is -6.36. The smallest absolute Gasteiger partial charge is 0.407 e. The molecule has 0 aliphatic heterocycles. The quantitative estimate of drug-likeness (QED) is 0.0894. The molecule has 3 aromatic rings. The van der Waals surface area contributed by atoms with Gasteiger partial charge in [0.2, 0.25) is 11.8 Å². The summed E-state index contributed by atoms with van der Waals surface area (Å²) in [5, 5.41) is 38.5. The van der Waals surface area contributed by atoms with Gasteiger partial charge in [0, 0.05) is 68.2 Å². The topological polar surface area (TPSA) is 324 Å². The number of ether oxygens (including phenoxy) is 3. The summed E-state index contributed by atoms with van der Waals surface area (Å²) in [7, 11) is 0. The van der Waals surface area contributed by atoms with Gasteiger partial charge in [-0.1, -0.05) is 36.8 Å². The average Bonchev–Trinajstić information content (AvgIpc) is 4.13. The second-order valence-corrected chi connectivity index (χ2v) is 23.9. The predicted octanol–water partition coefficient (Wildman–Crippen LogP) is 7.91. The van der Waals surface area contributed by atoms with Crippen LogP contribution in [0.25, 0.3) is 0 Å². The molecule has 0 bridgehead atoms. The molecule has 80 heavy (non-hydrogen) atoms. The lowest BCUT2D eigenvalue weighted by Gasteiger charge is -2.30. The SMILES string of the molecule is CC(=O)N[C@H]1CCC[C@@H](N)C1.CC(=O)N[C@H]1CCC[C@@H](n2cnnc2)C1.CC(C)(C)OC(=O)N[C@@H]1CCC[C@H](C(=O)O)C1.CC(C)(C)OC(=O)N[C@@H]1CCC[C@H](NC(=O)OCc2ccccc2)C1.N[C@H]1CCC[C@@H](n2cnnc2)C1. The maximum absolute atomic E-state index is 12.0. The van der Waals surface area contributed by atoms with Gasteiger partial charge < -0.3 is 66.5 Å². The van der Waals surface area contributed by atoms with Gasteiger partial charge in [-0.2, -0.15) is 0 Å². The maximum atomic E-state index is 12.0. The summed E-state index contributed by atoms with van der Waals surface area (Å²) in [5.74, 6) is -1.00. The summed E-state index contributed by atoms with van der Waals surface area (Å²) in [4.78, 5) is 67.8. The highest BCUT2D eigenvalue weighted by atomic mass is 16.6. The van der Waals surface area contributed by atoms with Crippen LogP contribution in [0.3, 0.4) is 0 Å². The predicted molar refractivity (Wildman–Crippen MR) is 303 cm³/mol. The summed E-state index contributed by atoms with van der Waals surface area (Å²) in [6, 6.07) is 11.7. The molecule has 1 aromatic carbocycles. The minimum atomic E-state index is -0.777. The van der Waals surface area contributed by atoms with Gasteiger partial charge in [0.1, 0.15) is 43.1 Å². The highest BCUT2D eigenvalue weighted by Gasteiger charge is 2.30. The number of nitrogens with one attached hydrogen (secondary N) is 5. The number of aromatic nitrogens is 6. The van der Waals surface area contributed by atoms with Gasteiger partial charge in [-0.05, 0) is 169 Å². The van der Waals surface area contributed by atoms with Gasteiger partial charge in [-0.25, -0.2) is 14.4 Å². The van der Waals surface area contributed by atoms with Crippen molar-refractivity contribution in [3.05, 3.63) is 61.2 Å². The van der Waals surface area contributed by atoms with Gasteiger partial charge in [-0.3, -0.25) is 14.4 Å². The fourth-order valence-corrected chi connectivity index (χ4v) is 10.6. The normalized spacial score (nSPS) is 25.5. The van der Waals surface area contributed by atoms with Crippen molar-refractivity contribution >= 4 is 36.1 Å². The Morgan fingerprint density at radius 2 is 0.900 bits per heavy atom. The van der Waals surface area contributed by atoms with Gasteiger partial charge in [0.15, 0.2) is 0 Å². The first-order valence-corrected chi connectivity index (χ1v) is 28.8. The van der Waals surface area contributed by atoms with E-state index in [0.717, 1.165) is 95.5 Å². The van der Waals surface area contributed by atoms with Crippen molar-refractivity contribution in [3.8, 4) is 0 Å². The highest BCUT2D eigenvalue weighted by molar-refractivity contribution is 5.73. The van der Waals surface area contributed by atoms with E-state index < -0.39 is 35.5 Å². The Labute approximate surface area is 473 Å². The molecule has 5 saturated carbocycles. The zero-order chi connectivity index (χ0) is 58.7. The van der Waals surface area contributed by atoms with Crippen LogP contribution < -0.4 is 38.1 Å². The van der Waals surface area contributed by atoms with Crippen molar-refractivity contribution in [2.24, 2.45) is 17.4 Å². The second kappa shape index (κ2) is 34.0. The number of carbonyl (C=O) groups is 6. The number of carbonyl (C=O) groups excluding carboxylic acids is 5. The number of benzene rings is 1. The van der Waals surface area contributed by atoms with Crippen LogP contribution in [0.1, 0.15) is 201 Å². The molecule has 10 N–H and O–H groups in total. The summed E-state index contributed by atoms with van der Waals surface area (Å²) in [6.07, 6.45) is 25.3. The molecule has 23 heteroatoms. The standard InChI is InChI=1S/C19H28N2O4.C12H21NO4.C10H16N4O.C8H14N4.C8H16N2O/c1-19(2,3)25-18(23)21-16-11-7-10-15(12-16)20-17(22)24-13-14-8-5-4-6-9-14;1-12(2,3)17-11(16)13-9-6-4-5-8(7-9)10(14)15;1-8(15)13-9-3-2-4-10(5-9)14-6-11-12-7-14;9-7-2-1-3-8(4-7)12-5-10-11-6-12;1-6(11)10-8-4-2-3-7(9)5-8/h4-6,8-9,15-16H,7,10-13H2,1-3H3,(H,20,22)(H,21,23);8-9H,4-7H2,1-3H3,(H,13,16)(H,14,15);6-7,9-10H,2-5H2,1H3,(H,13,15);5-8H,1-4,9H2;7-8H,2-5,9H2,1H3,(H,10,11)/t15-,16+;8-,9+;9-,10+;2*7-,8+/m00001/s1. The third kappa shape index (κ3) is 28.2. The molecule has 5 aliphatic carbocycles. The van der Waals surface area contributed by atoms with Crippen LogP contribution in [-0.2, 0) is 35.2 Å². The third-order valence-corrected chi connectivity index (χ3v) is 14.3. The van der Waals surface area contributed by atoms with E-state index in [-0.39, 0.29) is 42.5 Å². The van der Waals surface area contributed by atoms with Gasteiger partial charge in [0.05, 0.1) is 5.92 Å². The number of carboxylic acid groups (broad SMARTS) is 1. The average molecular weight is 1120 g/mol. The summed E-state index contributed by atoms with van der Waals surface area (Å²) < 4.78 is 19.8. The van der Waals surface area contributed by atoms with Gasteiger partial charge >= 0.3 is 24.2 Å². The van der Waals surface area contributed by atoms with Crippen molar-refractivity contribution in [3.63, 3.8) is 0 Å². The fraction of sp³-hybridized carbons (Fsp3) is 0.719. The number of carboxylic acids is 1. The largest absolute Gasteiger partial charge is 0.481 e. The van der Waals surface area contributed by atoms with E-state index in [2.05, 4.69) is 51.5 Å². The Morgan fingerprint density at radius 1 is 0.512 bits per heavy atom. The lowest BCUT2D eigenvalue weighted by Crippen LogP contribution is -2.47. The van der Waals surface area contributed by atoms with Crippen LogP contribution in [0.4, 0.5) is 14.4 Å². The summed E-state index contributed by atoms with van der Waals surface area (Å²) >= 11 is 0. The number of hydrogen-bond acceptors (Lipinski definition) is 15. The first kappa shape index (κ1) is 66.2. The molecule has 448 valence electrons. The highest BCUT2D eigenvalue weighted by Crippen LogP contribution is 2.29. The van der Waals surface area contributed by atoms with Crippen molar-refractivity contribution in [2.75, 3.05) is 0 Å². The summed E-state index contributed by atoms with van der Waals surface area (Å²) in [6.45, 7) is 14.3. The molecule has 10 atom stereocenters.